The first-order valence-corrected chi connectivity index (χ1v) is 9.49. The van der Waals surface area contributed by atoms with E-state index in [0.29, 0.717) is 12.0 Å². The van der Waals surface area contributed by atoms with Crippen molar-refractivity contribution < 1.29 is 4.74 Å². The number of anilines is 2. The second kappa shape index (κ2) is 8.07. The van der Waals surface area contributed by atoms with E-state index in [-0.39, 0.29) is 12.2 Å². The maximum Gasteiger partial charge on any atom is 0.101 e. The minimum Gasteiger partial charge on any atom is -0.385 e. The summed E-state index contributed by atoms with van der Waals surface area (Å²) in [4.78, 5) is 2.27. The SMILES string of the molecule is CC1CN(c2ccc(NCC3CCC(N)CC3)cc2C#N)CC(C)O1. The molecule has 0 aromatic heterocycles. The summed E-state index contributed by atoms with van der Waals surface area (Å²) in [5, 5.41) is 13.1. The van der Waals surface area contributed by atoms with Crippen LogP contribution >= 0.6 is 0 Å². The Morgan fingerprint density at radius 2 is 1.88 bits per heavy atom. The number of ether oxygens (including phenoxy) is 1. The van der Waals surface area contributed by atoms with Crippen LogP contribution in [0.3, 0.4) is 0 Å². The first kappa shape index (κ1) is 18.0. The monoisotopic (exact) mass is 342 g/mol. The molecule has 3 N–H and O–H groups in total. The van der Waals surface area contributed by atoms with Crippen LogP contribution in [0, 0.1) is 17.2 Å². The molecule has 1 heterocycles. The second-order valence-corrected chi connectivity index (χ2v) is 7.67. The average molecular weight is 342 g/mol. The molecular weight excluding hydrogens is 312 g/mol. The van der Waals surface area contributed by atoms with Crippen molar-refractivity contribution in [3.8, 4) is 6.07 Å². The predicted molar refractivity (Wildman–Crippen MR) is 102 cm³/mol. The number of benzene rings is 1. The zero-order valence-corrected chi connectivity index (χ0v) is 15.4. The average Bonchev–Trinajstić information content (AvgIpc) is 2.60. The molecule has 1 aliphatic carbocycles. The van der Waals surface area contributed by atoms with Gasteiger partial charge < -0.3 is 20.7 Å². The predicted octanol–water partition coefficient (Wildman–Crippen LogP) is 3.10. The molecule has 3 rings (SSSR count). The van der Waals surface area contributed by atoms with Gasteiger partial charge in [-0.1, -0.05) is 0 Å². The van der Waals surface area contributed by atoms with Crippen LogP contribution in [-0.4, -0.2) is 37.9 Å². The largest absolute Gasteiger partial charge is 0.385 e. The Kier molecular flexibility index (Phi) is 5.82. The zero-order chi connectivity index (χ0) is 17.8. The summed E-state index contributed by atoms with van der Waals surface area (Å²) in [5.74, 6) is 0.686. The third-order valence-electron chi connectivity index (χ3n) is 5.36. The van der Waals surface area contributed by atoms with E-state index in [1.807, 2.05) is 6.07 Å². The number of nitriles is 1. The summed E-state index contributed by atoms with van der Waals surface area (Å²) in [6.45, 7) is 6.78. The minimum absolute atomic E-state index is 0.186. The van der Waals surface area contributed by atoms with Crippen molar-refractivity contribution in [1.29, 1.82) is 5.26 Å². The van der Waals surface area contributed by atoms with Crippen molar-refractivity contribution in [2.45, 2.75) is 57.8 Å². The fourth-order valence-corrected chi connectivity index (χ4v) is 4.04. The van der Waals surface area contributed by atoms with Crippen LogP contribution < -0.4 is 16.0 Å². The molecule has 2 aliphatic rings. The van der Waals surface area contributed by atoms with Crippen molar-refractivity contribution in [3.05, 3.63) is 23.8 Å². The molecule has 0 spiro atoms. The summed E-state index contributed by atoms with van der Waals surface area (Å²) < 4.78 is 5.80. The molecule has 25 heavy (non-hydrogen) atoms. The molecule has 2 fully saturated rings. The van der Waals surface area contributed by atoms with Crippen molar-refractivity contribution in [3.63, 3.8) is 0 Å². The molecule has 1 aliphatic heterocycles. The Balaban J connectivity index is 1.64. The van der Waals surface area contributed by atoms with Gasteiger partial charge >= 0.3 is 0 Å². The highest BCUT2D eigenvalue weighted by molar-refractivity contribution is 5.65. The molecule has 2 unspecified atom stereocenters. The number of hydrogen-bond acceptors (Lipinski definition) is 5. The molecule has 0 radical (unpaired) electrons. The molecule has 5 heteroatoms. The second-order valence-electron chi connectivity index (χ2n) is 7.67. The molecule has 1 saturated carbocycles. The molecule has 0 bridgehead atoms. The van der Waals surface area contributed by atoms with E-state index in [1.54, 1.807) is 0 Å². The summed E-state index contributed by atoms with van der Waals surface area (Å²) in [7, 11) is 0. The lowest BCUT2D eigenvalue weighted by molar-refractivity contribution is -0.00522. The quantitative estimate of drug-likeness (QED) is 0.879. The van der Waals surface area contributed by atoms with Crippen molar-refractivity contribution in [2.75, 3.05) is 29.9 Å². The van der Waals surface area contributed by atoms with Gasteiger partial charge in [0.15, 0.2) is 0 Å². The molecule has 2 atom stereocenters. The highest BCUT2D eigenvalue weighted by Crippen LogP contribution is 2.28. The maximum atomic E-state index is 9.60. The van der Waals surface area contributed by atoms with Crippen LogP contribution in [0.5, 0.6) is 0 Å². The summed E-state index contributed by atoms with van der Waals surface area (Å²) in [5.41, 5.74) is 8.76. The lowest BCUT2D eigenvalue weighted by Gasteiger charge is -2.37. The van der Waals surface area contributed by atoms with Gasteiger partial charge in [-0.25, -0.2) is 0 Å². The van der Waals surface area contributed by atoms with E-state index in [9.17, 15) is 5.26 Å². The Bertz CT molecular complexity index is 609. The number of nitrogens with two attached hydrogens (primary N) is 1. The smallest absolute Gasteiger partial charge is 0.101 e. The lowest BCUT2D eigenvalue weighted by atomic mass is 9.86. The van der Waals surface area contributed by atoms with Crippen LogP contribution in [-0.2, 0) is 4.74 Å². The van der Waals surface area contributed by atoms with Crippen molar-refractivity contribution >= 4 is 11.4 Å². The first-order valence-electron chi connectivity index (χ1n) is 9.49. The van der Waals surface area contributed by atoms with Gasteiger partial charge in [-0.05, 0) is 63.6 Å². The van der Waals surface area contributed by atoms with Gasteiger partial charge in [0.05, 0.1) is 23.5 Å². The molecule has 0 amide bonds. The van der Waals surface area contributed by atoms with Crippen LogP contribution in [0.2, 0.25) is 0 Å². The van der Waals surface area contributed by atoms with Gasteiger partial charge in [-0.3, -0.25) is 0 Å². The van der Waals surface area contributed by atoms with E-state index in [4.69, 9.17) is 10.5 Å². The van der Waals surface area contributed by atoms with E-state index >= 15 is 0 Å². The number of rotatable bonds is 4. The number of nitrogens with zero attached hydrogens (tertiary/aromatic N) is 2. The third kappa shape index (κ3) is 4.65. The summed E-state index contributed by atoms with van der Waals surface area (Å²) in [6.07, 6.45) is 5.02. The van der Waals surface area contributed by atoms with Gasteiger partial charge in [-0.15, -0.1) is 0 Å². The number of hydrogen-bond donors (Lipinski definition) is 2. The van der Waals surface area contributed by atoms with Crippen molar-refractivity contribution in [2.24, 2.45) is 11.7 Å². The number of nitrogens with one attached hydrogen (secondary N) is 1. The Morgan fingerprint density at radius 1 is 1.20 bits per heavy atom. The van der Waals surface area contributed by atoms with Gasteiger partial charge in [0.2, 0.25) is 0 Å². The van der Waals surface area contributed by atoms with E-state index in [0.717, 1.165) is 49.4 Å². The third-order valence-corrected chi connectivity index (χ3v) is 5.36. The van der Waals surface area contributed by atoms with Crippen LogP contribution in [0.4, 0.5) is 11.4 Å². The van der Waals surface area contributed by atoms with E-state index < -0.39 is 0 Å². The van der Waals surface area contributed by atoms with Crippen LogP contribution in [0.25, 0.3) is 0 Å². The van der Waals surface area contributed by atoms with E-state index in [2.05, 4.69) is 42.3 Å². The molecule has 136 valence electrons. The summed E-state index contributed by atoms with van der Waals surface area (Å²) >= 11 is 0. The first-order chi connectivity index (χ1) is 12.0. The van der Waals surface area contributed by atoms with E-state index in [1.165, 1.54) is 12.8 Å². The fraction of sp³-hybridized carbons (Fsp3) is 0.650. The fourth-order valence-electron chi connectivity index (χ4n) is 4.04. The molecular formula is C20H30N4O. The Morgan fingerprint density at radius 3 is 2.52 bits per heavy atom. The van der Waals surface area contributed by atoms with Gasteiger partial charge in [0.1, 0.15) is 6.07 Å². The topological polar surface area (TPSA) is 74.3 Å². The summed E-state index contributed by atoms with van der Waals surface area (Å²) in [6, 6.07) is 8.90. The Labute approximate surface area is 151 Å². The normalized spacial score (nSPS) is 29.9. The van der Waals surface area contributed by atoms with Gasteiger partial charge in [0, 0.05) is 31.4 Å². The van der Waals surface area contributed by atoms with Crippen LogP contribution in [0.15, 0.2) is 18.2 Å². The molecule has 1 aromatic carbocycles. The zero-order valence-electron chi connectivity index (χ0n) is 15.4. The molecule has 5 nitrogen and oxygen atoms in total. The van der Waals surface area contributed by atoms with Crippen molar-refractivity contribution in [1.82, 2.24) is 0 Å². The minimum atomic E-state index is 0.186. The lowest BCUT2D eigenvalue weighted by Crippen LogP contribution is -2.45. The molecule has 1 saturated heterocycles. The standard InChI is InChI=1S/C20H30N4O/c1-14-12-24(13-15(2)25-14)20-8-7-19(9-17(20)10-21)23-11-16-3-5-18(22)6-4-16/h7-9,14-16,18,23H,3-6,11-13,22H2,1-2H3. The highest BCUT2D eigenvalue weighted by atomic mass is 16.5. The van der Waals surface area contributed by atoms with Gasteiger partial charge in [-0.2, -0.15) is 5.26 Å². The molecule has 1 aromatic rings. The Hall–Kier alpha value is -1.77. The highest BCUT2D eigenvalue weighted by Gasteiger charge is 2.24. The van der Waals surface area contributed by atoms with Crippen LogP contribution in [0.1, 0.15) is 45.1 Å². The number of morpholine rings is 1. The van der Waals surface area contributed by atoms with Gasteiger partial charge in [0.25, 0.3) is 0 Å². The maximum absolute atomic E-state index is 9.60.